The summed E-state index contributed by atoms with van der Waals surface area (Å²) in [6.45, 7) is 1.89. The normalized spacial score (nSPS) is 11.7. The second kappa shape index (κ2) is 5.59. The summed E-state index contributed by atoms with van der Waals surface area (Å²) >= 11 is 0. The van der Waals surface area contributed by atoms with E-state index < -0.39 is 16.1 Å². The first-order chi connectivity index (χ1) is 9.40. The van der Waals surface area contributed by atoms with Gasteiger partial charge in [0, 0.05) is 6.20 Å². The van der Waals surface area contributed by atoms with Crippen molar-refractivity contribution in [1.29, 1.82) is 0 Å². The molecule has 7 nitrogen and oxygen atoms in total. The highest BCUT2D eigenvalue weighted by Gasteiger charge is 2.14. The molecule has 0 radical (unpaired) electrons. The van der Waals surface area contributed by atoms with Crippen LogP contribution in [0.25, 0.3) is 5.52 Å². The molecule has 2 heterocycles. The van der Waals surface area contributed by atoms with E-state index in [0.29, 0.717) is 16.6 Å². The zero-order valence-corrected chi connectivity index (χ0v) is 11.9. The third-order valence-corrected chi connectivity index (χ3v) is 3.07. The zero-order valence-electron chi connectivity index (χ0n) is 11.1. The minimum absolute atomic E-state index is 0.0945. The molecule has 108 valence electrons. The molecule has 0 aliphatic rings. The zero-order chi connectivity index (χ0) is 14.8. The molecule has 8 heteroatoms. The number of carbonyl (C=O) groups is 1. The highest BCUT2D eigenvalue weighted by Crippen LogP contribution is 2.15. The lowest BCUT2D eigenvalue weighted by atomic mass is 10.2. The van der Waals surface area contributed by atoms with Gasteiger partial charge < -0.3 is 4.74 Å². The Morgan fingerprint density at radius 1 is 1.45 bits per heavy atom. The predicted octanol–water partition coefficient (Wildman–Crippen LogP) is 0.987. The topological polar surface area (TPSA) is 87.0 Å². The van der Waals surface area contributed by atoms with Crippen LogP contribution in [0.2, 0.25) is 0 Å². The fraction of sp³-hybridized carbons (Fsp3) is 0.333. The van der Waals surface area contributed by atoms with Gasteiger partial charge in [-0.2, -0.15) is 13.5 Å². The number of rotatable bonds is 5. The van der Waals surface area contributed by atoms with Gasteiger partial charge >= 0.3 is 5.97 Å². The molecule has 0 aliphatic carbocycles. The Bertz CT molecular complexity index is 735. The van der Waals surface area contributed by atoms with Crippen molar-refractivity contribution in [2.24, 2.45) is 0 Å². The quantitative estimate of drug-likeness (QED) is 0.604. The first kappa shape index (κ1) is 14.5. The molecule has 0 saturated heterocycles. The number of ether oxygens (including phenoxy) is 1. The van der Waals surface area contributed by atoms with E-state index >= 15 is 0 Å². The number of esters is 1. The highest BCUT2D eigenvalue weighted by molar-refractivity contribution is 7.85. The molecule has 0 spiro atoms. The van der Waals surface area contributed by atoms with Gasteiger partial charge in [0.25, 0.3) is 10.1 Å². The van der Waals surface area contributed by atoms with Gasteiger partial charge in [0.05, 0.1) is 31.2 Å². The van der Waals surface area contributed by atoms with E-state index in [0.717, 1.165) is 6.26 Å². The van der Waals surface area contributed by atoms with Crippen LogP contribution in [0.5, 0.6) is 0 Å². The Labute approximate surface area is 116 Å². The first-order valence-electron chi connectivity index (χ1n) is 5.88. The Hall–Kier alpha value is -1.93. The van der Waals surface area contributed by atoms with Gasteiger partial charge in [-0.05, 0) is 24.6 Å². The van der Waals surface area contributed by atoms with E-state index in [4.69, 9.17) is 8.92 Å². The average molecular weight is 298 g/mol. The molecule has 0 aliphatic heterocycles. The van der Waals surface area contributed by atoms with Crippen molar-refractivity contribution in [3.8, 4) is 0 Å². The SMILES string of the molecule is CCOC(=O)c1cnn2ccc(COS(C)(=O)=O)cc12. The highest BCUT2D eigenvalue weighted by atomic mass is 32.2. The Kier molecular flexibility index (Phi) is 4.05. The van der Waals surface area contributed by atoms with E-state index in [9.17, 15) is 13.2 Å². The summed E-state index contributed by atoms with van der Waals surface area (Å²) in [5.74, 6) is -0.469. The summed E-state index contributed by atoms with van der Waals surface area (Å²) in [5, 5.41) is 4.03. The lowest BCUT2D eigenvalue weighted by Crippen LogP contribution is -2.05. The summed E-state index contributed by atoms with van der Waals surface area (Å²) in [4.78, 5) is 11.7. The van der Waals surface area contributed by atoms with Crippen LogP contribution in [0.3, 0.4) is 0 Å². The molecule has 0 saturated carbocycles. The maximum Gasteiger partial charge on any atom is 0.341 e. The van der Waals surface area contributed by atoms with Crippen LogP contribution in [-0.4, -0.2) is 36.9 Å². The molecule has 20 heavy (non-hydrogen) atoms. The van der Waals surface area contributed by atoms with Crippen molar-refractivity contribution in [3.05, 3.63) is 35.7 Å². The first-order valence-corrected chi connectivity index (χ1v) is 7.70. The summed E-state index contributed by atoms with van der Waals surface area (Å²) < 4.78 is 33.1. The van der Waals surface area contributed by atoms with Crippen LogP contribution in [-0.2, 0) is 25.6 Å². The van der Waals surface area contributed by atoms with Crippen LogP contribution in [0.1, 0.15) is 22.8 Å². The Morgan fingerprint density at radius 3 is 2.85 bits per heavy atom. The number of aromatic nitrogens is 2. The second-order valence-electron chi connectivity index (χ2n) is 4.11. The van der Waals surface area contributed by atoms with E-state index in [1.54, 1.807) is 25.3 Å². The lowest BCUT2D eigenvalue weighted by molar-refractivity contribution is 0.0528. The number of fused-ring (bicyclic) bond motifs is 1. The van der Waals surface area contributed by atoms with E-state index in [-0.39, 0.29) is 13.2 Å². The second-order valence-corrected chi connectivity index (χ2v) is 5.75. The molecule has 0 unspecified atom stereocenters. The van der Waals surface area contributed by atoms with E-state index in [1.807, 2.05) is 0 Å². The molecule has 0 fully saturated rings. The standard InChI is InChI=1S/C12H14N2O5S/c1-3-18-12(15)10-7-13-14-5-4-9(6-11(10)14)8-19-20(2,16)17/h4-7H,3,8H2,1-2H3. The molecule has 2 rings (SSSR count). The van der Waals surface area contributed by atoms with Crippen LogP contribution in [0.15, 0.2) is 24.5 Å². The predicted molar refractivity (Wildman–Crippen MR) is 70.8 cm³/mol. The van der Waals surface area contributed by atoms with Gasteiger partial charge in [0.2, 0.25) is 0 Å². The van der Waals surface area contributed by atoms with Crippen molar-refractivity contribution in [2.45, 2.75) is 13.5 Å². The lowest BCUT2D eigenvalue weighted by Gasteiger charge is -2.04. The van der Waals surface area contributed by atoms with Crippen molar-refractivity contribution < 1.29 is 22.1 Å². The molecule has 2 aromatic rings. The molecule has 0 bridgehead atoms. The number of carbonyl (C=O) groups excluding carboxylic acids is 1. The molecular weight excluding hydrogens is 284 g/mol. The van der Waals surface area contributed by atoms with E-state index in [2.05, 4.69) is 5.10 Å². The fourth-order valence-corrected chi connectivity index (χ4v) is 2.01. The number of pyridine rings is 1. The smallest absolute Gasteiger partial charge is 0.341 e. The summed E-state index contributed by atoms with van der Waals surface area (Å²) in [5.41, 5.74) is 1.49. The van der Waals surface area contributed by atoms with Crippen LogP contribution < -0.4 is 0 Å². The van der Waals surface area contributed by atoms with Crippen molar-refractivity contribution in [2.75, 3.05) is 12.9 Å². The molecule has 0 N–H and O–H groups in total. The van der Waals surface area contributed by atoms with Crippen LogP contribution in [0, 0.1) is 0 Å². The van der Waals surface area contributed by atoms with Crippen molar-refractivity contribution >= 4 is 21.6 Å². The Morgan fingerprint density at radius 2 is 2.20 bits per heavy atom. The van der Waals surface area contributed by atoms with E-state index in [1.165, 1.54) is 10.7 Å². The third-order valence-electron chi connectivity index (χ3n) is 2.52. The average Bonchev–Trinajstić information content (AvgIpc) is 2.78. The van der Waals surface area contributed by atoms with Gasteiger partial charge in [-0.15, -0.1) is 0 Å². The molecule has 0 amide bonds. The van der Waals surface area contributed by atoms with Gasteiger partial charge in [-0.25, -0.2) is 9.31 Å². The summed E-state index contributed by atoms with van der Waals surface area (Å²) in [6, 6.07) is 3.31. The minimum atomic E-state index is -3.51. The third kappa shape index (κ3) is 3.34. The number of hydrogen-bond acceptors (Lipinski definition) is 6. The fourth-order valence-electron chi connectivity index (χ4n) is 1.66. The van der Waals surface area contributed by atoms with Gasteiger partial charge in [0.1, 0.15) is 5.56 Å². The van der Waals surface area contributed by atoms with Crippen LogP contribution >= 0.6 is 0 Å². The summed E-state index contributed by atoms with van der Waals surface area (Å²) in [6.07, 6.45) is 4.02. The monoisotopic (exact) mass is 298 g/mol. The van der Waals surface area contributed by atoms with Crippen LogP contribution in [0.4, 0.5) is 0 Å². The summed E-state index contributed by atoms with van der Waals surface area (Å²) in [7, 11) is -3.51. The molecule has 0 atom stereocenters. The number of hydrogen-bond donors (Lipinski definition) is 0. The molecular formula is C12H14N2O5S. The maximum atomic E-state index is 11.7. The minimum Gasteiger partial charge on any atom is -0.462 e. The van der Waals surface area contributed by atoms with Gasteiger partial charge in [-0.3, -0.25) is 4.18 Å². The van der Waals surface area contributed by atoms with Gasteiger partial charge in [0.15, 0.2) is 0 Å². The number of nitrogens with zero attached hydrogens (tertiary/aromatic N) is 2. The Balaban J connectivity index is 2.32. The molecule has 0 aromatic carbocycles. The van der Waals surface area contributed by atoms with Gasteiger partial charge in [-0.1, -0.05) is 0 Å². The maximum absolute atomic E-state index is 11.7. The molecule has 2 aromatic heterocycles. The largest absolute Gasteiger partial charge is 0.462 e. The van der Waals surface area contributed by atoms with Crippen molar-refractivity contribution in [1.82, 2.24) is 9.61 Å². The van der Waals surface area contributed by atoms with Crippen molar-refractivity contribution in [3.63, 3.8) is 0 Å².